The summed E-state index contributed by atoms with van der Waals surface area (Å²) in [6.45, 7) is 1.10. The summed E-state index contributed by atoms with van der Waals surface area (Å²) in [4.78, 5) is 12.1. The highest BCUT2D eigenvalue weighted by atomic mass is 35.5. The molecule has 0 aromatic heterocycles. The Balaban J connectivity index is 0.00000225. The van der Waals surface area contributed by atoms with Crippen LogP contribution in [0.25, 0.3) is 0 Å². The number of rotatable bonds is 6. The Labute approximate surface area is 155 Å². The highest BCUT2D eigenvalue weighted by Gasteiger charge is 2.27. The number of ether oxygens (including phenoxy) is 1. The minimum atomic E-state index is 0. The summed E-state index contributed by atoms with van der Waals surface area (Å²) in [5, 5.41) is 3.01. The molecule has 0 saturated heterocycles. The lowest BCUT2D eigenvalue weighted by Gasteiger charge is -2.11. The van der Waals surface area contributed by atoms with Crippen molar-refractivity contribution >= 4 is 18.3 Å². The van der Waals surface area contributed by atoms with Crippen molar-refractivity contribution in [3.63, 3.8) is 0 Å². The number of carbonyl (C=O) groups is 1. The molecule has 0 aliphatic heterocycles. The number of para-hydroxylation sites is 1. The van der Waals surface area contributed by atoms with E-state index in [0.29, 0.717) is 13.2 Å². The van der Waals surface area contributed by atoms with Crippen molar-refractivity contribution in [1.82, 2.24) is 5.32 Å². The van der Waals surface area contributed by atoms with Gasteiger partial charge in [-0.05, 0) is 42.5 Å². The van der Waals surface area contributed by atoms with Gasteiger partial charge in [0.1, 0.15) is 12.4 Å². The molecule has 1 aliphatic rings. The van der Waals surface area contributed by atoms with Crippen molar-refractivity contribution < 1.29 is 9.53 Å². The van der Waals surface area contributed by atoms with Crippen LogP contribution in [0.5, 0.6) is 5.75 Å². The number of hydrogen-bond acceptors (Lipinski definition) is 3. The number of hydrogen-bond donors (Lipinski definition) is 2. The third kappa shape index (κ3) is 5.76. The fourth-order valence-corrected chi connectivity index (χ4v) is 3.02. The van der Waals surface area contributed by atoms with Gasteiger partial charge < -0.3 is 15.8 Å². The Bertz CT molecular complexity index is 661. The molecule has 2 aromatic carbocycles. The molecule has 0 spiro atoms. The lowest BCUT2D eigenvalue weighted by molar-refractivity contribution is -0.125. The molecular weight excluding hydrogens is 336 g/mol. The summed E-state index contributed by atoms with van der Waals surface area (Å²) in [6.07, 6.45) is 2.67. The van der Waals surface area contributed by atoms with Crippen LogP contribution >= 0.6 is 12.4 Å². The topological polar surface area (TPSA) is 64.4 Å². The van der Waals surface area contributed by atoms with E-state index >= 15 is 0 Å². The predicted molar refractivity (Wildman–Crippen MR) is 102 cm³/mol. The second-order valence-electron chi connectivity index (χ2n) is 6.41. The maximum atomic E-state index is 12.1. The van der Waals surface area contributed by atoms with Gasteiger partial charge in [0, 0.05) is 18.5 Å². The van der Waals surface area contributed by atoms with Crippen LogP contribution in [0.15, 0.2) is 54.6 Å². The molecule has 5 heteroatoms. The van der Waals surface area contributed by atoms with Gasteiger partial charge in [-0.3, -0.25) is 4.79 Å². The molecule has 134 valence electrons. The van der Waals surface area contributed by atoms with Crippen molar-refractivity contribution in [3.8, 4) is 5.75 Å². The Morgan fingerprint density at radius 3 is 2.36 bits per heavy atom. The van der Waals surface area contributed by atoms with Crippen LogP contribution in [0.4, 0.5) is 0 Å². The van der Waals surface area contributed by atoms with Gasteiger partial charge in [0.2, 0.25) is 5.91 Å². The quantitative estimate of drug-likeness (QED) is 0.829. The van der Waals surface area contributed by atoms with Crippen LogP contribution in [0.2, 0.25) is 0 Å². The summed E-state index contributed by atoms with van der Waals surface area (Å²) in [7, 11) is 0. The maximum Gasteiger partial charge on any atom is 0.223 e. The molecule has 3 N–H and O–H groups in total. The van der Waals surface area contributed by atoms with Gasteiger partial charge in [-0.2, -0.15) is 0 Å². The third-order valence-electron chi connectivity index (χ3n) is 4.48. The molecule has 1 amide bonds. The van der Waals surface area contributed by atoms with Crippen molar-refractivity contribution in [3.05, 3.63) is 65.7 Å². The van der Waals surface area contributed by atoms with Crippen molar-refractivity contribution in [2.24, 2.45) is 11.7 Å². The molecule has 0 heterocycles. The van der Waals surface area contributed by atoms with Gasteiger partial charge in [0.15, 0.2) is 0 Å². The number of amides is 1. The van der Waals surface area contributed by atoms with Crippen molar-refractivity contribution in [1.29, 1.82) is 0 Å². The first-order chi connectivity index (χ1) is 11.7. The fourth-order valence-electron chi connectivity index (χ4n) is 3.02. The van der Waals surface area contributed by atoms with Gasteiger partial charge in [0.25, 0.3) is 0 Å². The third-order valence-corrected chi connectivity index (χ3v) is 4.48. The second kappa shape index (κ2) is 9.44. The molecule has 1 saturated carbocycles. The average molecular weight is 361 g/mol. The standard InChI is InChI=1S/C20H24N2O2.ClH/c21-18-11-10-17(12-18)20(23)22-13-15-6-8-16(9-7-15)14-24-19-4-2-1-3-5-19;/h1-9,17-18H,10-14,21H2,(H,22,23);1H. The molecule has 3 rings (SSSR count). The maximum absolute atomic E-state index is 12.1. The summed E-state index contributed by atoms with van der Waals surface area (Å²) >= 11 is 0. The van der Waals surface area contributed by atoms with Crippen LogP contribution in [-0.2, 0) is 17.9 Å². The van der Waals surface area contributed by atoms with Crippen LogP contribution < -0.4 is 15.8 Å². The molecule has 2 unspecified atom stereocenters. The van der Waals surface area contributed by atoms with E-state index in [1.165, 1.54) is 0 Å². The summed E-state index contributed by atoms with van der Waals surface area (Å²) < 4.78 is 5.73. The lowest BCUT2D eigenvalue weighted by Crippen LogP contribution is -2.29. The molecule has 1 fully saturated rings. The first-order valence-electron chi connectivity index (χ1n) is 8.49. The minimum Gasteiger partial charge on any atom is -0.489 e. The first kappa shape index (κ1) is 19.3. The zero-order valence-electron chi connectivity index (χ0n) is 14.2. The molecule has 0 bridgehead atoms. The van der Waals surface area contributed by atoms with E-state index in [0.717, 1.165) is 36.1 Å². The Hall–Kier alpha value is -2.04. The van der Waals surface area contributed by atoms with E-state index in [2.05, 4.69) is 5.32 Å². The average Bonchev–Trinajstić information content (AvgIpc) is 3.06. The monoisotopic (exact) mass is 360 g/mol. The van der Waals surface area contributed by atoms with Gasteiger partial charge in [-0.25, -0.2) is 0 Å². The van der Waals surface area contributed by atoms with E-state index in [4.69, 9.17) is 10.5 Å². The normalized spacial score (nSPS) is 19.1. The molecule has 2 atom stereocenters. The van der Waals surface area contributed by atoms with Crippen LogP contribution in [0, 0.1) is 5.92 Å². The molecule has 0 radical (unpaired) electrons. The Morgan fingerprint density at radius 2 is 1.72 bits per heavy atom. The summed E-state index contributed by atoms with van der Waals surface area (Å²) in [6, 6.07) is 18.1. The van der Waals surface area contributed by atoms with Gasteiger partial charge in [-0.1, -0.05) is 42.5 Å². The van der Waals surface area contributed by atoms with Crippen molar-refractivity contribution in [2.75, 3.05) is 0 Å². The highest BCUT2D eigenvalue weighted by molar-refractivity contribution is 5.85. The Kier molecular flexibility index (Phi) is 7.29. The molecule has 4 nitrogen and oxygen atoms in total. The molecular formula is C20H25ClN2O2. The number of carbonyl (C=O) groups excluding carboxylic acids is 1. The zero-order chi connectivity index (χ0) is 16.8. The molecule has 1 aliphatic carbocycles. The molecule has 25 heavy (non-hydrogen) atoms. The summed E-state index contributed by atoms with van der Waals surface area (Å²) in [5.41, 5.74) is 8.06. The number of benzene rings is 2. The largest absolute Gasteiger partial charge is 0.489 e. The lowest BCUT2D eigenvalue weighted by atomic mass is 10.1. The van der Waals surface area contributed by atoms with Crippen LogP contribution in [0.3, 0.4) is 0 Å². The Morgan fingerprint density at radius 1 is 1.04 bits per heavy atom. The zero-order valence-corrected chi connectivity index (χ0v) is 15.0. The minimum absolute atomic E-state index is 0. The predicted octanol–water partition coefficient (Wildman–Crippen LogP) is 3.43. The second-order valence-corrected chi connectivity index (χ2v) is 6.41. The number of nitrogens with one attached hydrogen (secondary N) is 1. The molecule has 2 aromatic rings. The van der Waals surface area contributed by atoms with E-state index < -0.39 is 0 Å². The number of nitrogens with two attached hydrogens (primary N) is 1. The SMILES string of the molecule is Cl.NC1CCC(C(=O)NCc2ccc(COc3ccccc3)cc2)C1. The first-order valence-corrected chi connectivity index (χ1v) is 8.49. The fraction of sp³-hybridized carbons (Fsp3) is 0.350. The van der Waals surface area contributed by atoms with E-state index in [9.17, 15) is 4.79 Å². The van der Waals surface area contributed by atoms with Crippen LogP contribution in [-0.4, -0.2) is 11.9 Å². The van der Waals surface area contributed by atoms with Gasteiger partial charge >= 0.3 is 0 Å². The van der Waals surface area contributed by atoms with Crippen LogP contribution in [0.1, 0.15) is 30.4 Å². The van der Waals surface area contributed by atoms with Crippen molar-refractivity contribution in [2.45, 2.75) is 38.5 Å². The highest BCUT2D eigenvalue weighted by Crippen LogP contribution is 2.24. The van der Waals surface area contributed by atoms with E-state index in [1.54, 1.807) is 0 Å². The number of halogens is 1. The smallest absolute Gasteiger partial charge is 0.223 e. The van der Waals surface area contributed by atoms with Gasteiger partial charge in [-0.15, -0.1) is 12.4 Å². The van der Waals surface area contributed by atoms with E-state index in [1.807, 2.05) is 54.6 Å². The van der Waals surface area contributed by atoms with E-state index in [-0.39, 0.29) is 30.3 Å². The van der Waals surface area contributed by atoms with Gasteiger partial charge in [0.05, 0.1) is 0 Å². The summed E-state index contributed by atoms with van der Waals surface area (Å²) in [5.74, 6) is 1.07.